The van der Waals surface area contributed by atoms with Crippen molar-refractivity contribution in [2.24, 2.45) is 0 Å². The number of nitrogens with zero attached hydrogens (tertiary/aromatic N) is 3. The van der Waals surface area contributed by atoms with Gasteiger partial charge < -0.3 is 19.9 Å². The highest BCUT2D eigenvalue weighted by Crippen LogP contribution is 2.45. The topological polar surface area (TPSA) is 77.0 Å². The lowest BCUT2D eigenvalue weighted by Crippen LogP contribution is -2.10. The zero-order chi connectivity index (χ0) is 24.7. The number of pyridine rings is 1. The van der Waals surface area contributed by atoms with Crippen LogP contribution in [0.1, 0.15) is 22.3 Å². The molecule has 176 valence electrons. The van der Waals surface area contributed by atoms with Crippen LogP contribution in [-0.4, -0.2) is 36.1 Å². The second-order valence-electron chi connectivity index (χ2n) is 8.97. The van der Waals surface area contributed by atoms with E-state index in [1.807, 2.05) is 12.3 Å². The number of aromatic nitrogens is 2. The Morgan fingerprint density at radius 3 is 2.71 bits per heavy atom. The first-order valence-corrected chi connectivity index (χ1v) is 12.2. The number of fused-ring (bicyclic) bond motifs is 2. The average molecular weight is 482 g/mol. The lowest BCUT2D eigenvalue weighted by molar-refractivity contribution is 0.400. The second-order valence-corrected chi connectivity index (χ2v) is 9.97. The number of ether oxygens (including phenoxy) is 1. The first kappa shape index (κ1) is 22.9. The van der Waals surface area contributed by atoms with Crippen LogP contribution < -0.4 is 10.1 Å². The molecule has 2 N–H and O–H groups in total. The quantitative estimate of drug-likeness (QED) is 0.281. The predicted molar refractivity (Wildman–Crippen MR) is 145 cm³/mol. The van der Waals surface area contributed by atoms with Crippen LogP contribution in [0.15, 0.2) is 48.8 Å². The van der Waals surface area contributed by atoms with E-state index in [1.54, 1.807) is 24.6 Å². The summed E-state index contributed by atoms with van der Waals surface area (Å²) in [6, 6.07) is 14.8. The Hall–Kier alpha value is -3.86. The van der Waals surface area contributed by atoms with Gasteiger partial charge in [0.1, 0.15) is 16.6 Å². The Balaban J connectivity index is 1.69. The van der Waals surface area contributed by atoms with Crippen LogP contribution in [0.5, 0.6) is 5.75 Å². The minimum absolute atomic E-state index is 0.520. The summed E-state index contributed by atoms with van der Waals surface area (Å²) in [5.74, 6) is 0.825. The van der Waals surface area contributed by atoms with Crippen molar-refractivity contribution in [1.82, 2.24) is 14.9 Å². The molecule has 0 radical (unpaired) electrons. The summed E-state index contributed by atoms with van der Waals surface area (Å²) in [5, 5.41) is 15.6. The number of H-pyrrole nitrogens is 1. The molecule has 0 fully saturated rings. The minimum atomic E-state index is 0.520. The average Bonchev–Trinajstić information content (AvgIpc) is 3.46. The van der Waals surface area contributed by atoms with E-state index >= 15 is 0 Å². The number of aromatic amines is 1. The van der Waals surface area contributed by atoms with Crippen molar-refractivity contribution in [3.05, 3.63) is 71.0 Å². The third kappa shape index (κ3) is 4.01. The van der Waals surface area contributed by atoms with Crippen LogP contribution in [0.4, 0.5) is 11.4 Å². The number of methoxy groups -OCH3 is 1. The first-order chi connectivity index (χ1) is 16.9. The molecule has 5 rings (SSSR count). The fraction of sp³-hybridized carbons (Fsp3) is 0.214. The van der Waals surface area contributed by atoms with E-state index < -0.39 is 0 Å². The molecule has 35 heavy (non-hydrogen) atoms. The summed E-state index contributed by atoms with van der Waals surface area (Å²) >= 11 is 1.63. The molecule has 0 aliphatic carbocycles. The van der Waals surface area contributed by atoms with Gasteiger partial charge in [0, 0.05) is 51.4 Å². The number of rotatable bonds is 6. The molecular formula is C28H27N5OS. The van der Waals surface area contributed by atoms with E-state index in [9.17, 15) is 5.26 Å². The second kappa shape index (κ2) is 9.06. The highest BCUT2D eigenvalue weighted by Gasteiger charge is 2.21. The van der Waals surface area contributed by atoms with Crippen LogP contribution in [0.3, 0.4) is 0 Å². The largest absolute Gasteiger partial charge is 0.496 e. The number of thiophene rings is 1. The van der Waals surface area contributed by atoms with Gasteiger partial charge in [-0.25, -0.2) is 4.98 Å². The molecule has 3 heterocycles. The van der Waals surface area contributed by atoms with E-state index in [0.717, 1.165) is 66.4 Å². The molecule has 0 saturated heterocycles. The minimum Gasteiger partial charge on any atom is -0.496 e. The van der Waals surface area contributed by atoms with Crippen molar-refractivity contribution >= 4 is 43.8 Å². The van der Waals surface area contributed by atoms with E-state index in [1.165, 1.54) is 5.56 Å². The van der Waals surface area contributed by atoms with Crippen molar-refractivity contribution in [1.29, 1.82) is 5.26 Å². The molecule has 0 amide bonds. The van der Waals surface area contributed by atoms with E-state index in [2.05, 4.69) is 84.5 Å². The number of hydrogen-bond donors (Lipinski definition) is 2. The summed E-state index contributed by atoms with van der Waals surface area (Å²) in [6.07, 6.45) is 3.61. The maximum absolute atomic E-state index is 9.92. The molecule has 0 unspecified atom stereocenters. The molecule has 0 saturated carbocycles. The monoisotopic (exact) mass is 481 g/mol. The number of hydrogen-bond acceptors (Lipinski definition) is 6. The van der Waals surface area contributed by atoms with E-state index in [4.69, 9.17) is 4.74 Å². The van der Waals surface area contributed by atoms with E-state index in [0.29, 0.717) is 5.56 Å². The normalized spacial score (nSPS) is 11.3. The van der Waals surface area contributed by atoms with Gasteiger partial charge in [0.25, 0.3) is 0 Å². The van der Waals surface area contributed by atoms with Crippen molar-refractivity contribution < 1.29 is 4.74 Å². The first-order valence-electron chi connectivity index (χ1n) is 11.4. The summed E-state index contributed by atoms with van der Waals surface area (Å²) in [6.45, 7) is 5.03. The summed E-state index contributed by atoms with van der Waals surface area (Å²) in [4.78, 5) is 12.0. The molecule has 6 nitrogen and oxygen atoms in total. The predicted octanol–water partition coefficient (Wildman–Crippen LogP) is 6.75. The van der Waals surface area contributed by atoms with Crippen LogP contribution in [-0.2, 0) is 6.54 Å². The van der Waals surface area contributed by atoms with Crippen molar-refractivity contribution in [2.45, 2.75) is 20.4 Å². The fourth-order valence-corrected chi connectivity index (χ4v) is 5.81. The molecule has 0 aliphatic rings. The Bertz CT molecular complexity index is 1610. The number of nitrogens with one attached hydrogen (secondary N) is 2. The highest BCUT2D eigenvalue weighted by atomic mass is 32.1. The lowest BCUT2D eigenvalue weighted by Gasteiger charge is -2.14. The van der Waals surface area contributed by atoms with Crippen LogP contribution in [0.25, 0.3) is 31.6 Å². The molecule has 5 aromatic rings. The molecule has 0 atom stereocenters. The van der Waals surface area contributed by atoms with Crippen LogP contribution >= 0.6 is 11.3 Å². The smallest absolute Gasteiger partial charge is 0.127 e. The molecule has 0 aliphatic heterocycles. The third-order valence-corrected chi connectivity index (χ3v) is 7.58. The molecule has 0 spiro atoms. The van der Waals surface area contributed by atoms with Crippen molar-refractivity contribution in [2.75, 3.05) is 26.5 Å². The zero-order valence-electron chi connectivity index (χ0n) is 20.5. The SMILES string of the molecule is COc1ccc(CN(C)C)cc1-c1sc2ncc(C#N)c(Nc3ccc4[nH]ccc4c3C)c2c1C. The Labute approximate surface area is 208 Å². The molecule has 7 heteroatoms. The number of benzene rings is 2. The van der Waals surface area contributed by atoms with Crippen molar-refractivity contribution in [3.8, 4) is 22.3 Å². The maximum atomic E-state index is 9.92. The van der Waals surface area contributed by atoms with Gasteiger partial charge in [0.2, 0.25) is 0 Å². The van der Waals surface area contributed by atoms with Crippen LogP contribution in [0.2, 0.25) is 0 Å². The molecule has 0 bridgehead atoms. The van der Waals surface area contributed by atoms with Gasteiger partial charge in [-0.2, -0.15) is 5.26 Å². The van der Waals surface area contributed by atoms with Crippen molar-refractivity contribution in [3.63, 3.8) is 0 Å². The Morgan fingerprint density at radius 2 is 1.97 bits per heavy atom. The number of anilines is 2. The number of nitriles is 1. The zero-order valence-corrected chi connectivity index (χ0v) is 21.3. The molecular weight excluding hydrogens is 454 g/mol. The van der Waals surface area contributed by atoms with Gasteiger partial charge >= 0.3 is 0 Å². The fourth-order valence-electron chi connectivity index (χ4n) is 4.63. The van der Waals surface area contributed by atoms with Gasteiger partial charge in [-0.05, 0) is 75.0 Å². The lowest BCUT2D eigenvalue weighted by atomic mass is 10.0. The van der Waals surface area contributed by atoms with Gasteiger partial charge in [0.15, 0.2) is 0 Å². The van der Waals surface area contributed by atoms with Crippen LogP contribution in [0, 0.1) is 25.2 Å². The molecule has 3 aromatic heterocycles. The summed E-state index contributed by atoms with van der Waals surface area (Å²) < 4.78 is 5.73. The summed E-state index contributed by atoms with van der Waals surface area (Å²) in [5.41, 5.74) is 7.84. The standard InChI is InChI=1S/C28H27N5OS/c1-16-20-10-11-30-23(20)8-7-22(16)32-26-19(13-29)14-31-28-25(26)17(2)27(35-28)21-12-18(15-33(3)4)6-9-24(21)34-5/h6-12,14,30H,15H2,1-5H3,(H,31,32). The number of aryl methyl sites for hydroxylation is 2. The molecule has 2 aromatic carbocycles. The third-order valence-electron chi connectivity index (χ3n) is 6.35. The highest BCUT2D eigenvalue weighted by molar-refractivity contribution is 7.22. The van der Waals surface area contributed by atoms with Gasteiger partial charge in [-0.3, -0.25) is 0 Å². The Morgan fingerprint density at radius 1 is 1.14 bits per heavy atom. The van der Waals surface area contributed by atoms with E-state index in [-0.39, 0.29) is 0 Å². The van der Waals surface area contributed by atoms with Gasteiger partial charge in [0.05, 0.1) is 18.4 Å². The summed E-state index contributed by atoms with van der Waals surface area (Å²) in [7, 11) is 5.82. The Kier molecular flexibility index (Phi) is 5.93. The maximum Gasteiger partial charge on any atom is 0.127 e. The van der Waals surface area contributed by atoms with Gasteiger partial charge in [-0.1, -0.05) is 6.07 Å². The van der Waals surface area contributed by atoms with Gasteiger partial charge in [-0.15, -0.1) is 11.3 Å².